The third kappa shape index (κ3) is 5.91. The van der Waals surface area contributed by atoms with E-state index in [9.17, 15) is 4.79 Å². The summed E-state index contributed by atoms with van der Waals surface area (Å²) in [5.41, 5.74) is 1.85. The number of benzene rings is 1. The van der Waals surface area contributed by atoms with Crippen molar-refractivity contribution < 1.29 is 14.3 Å². The Morgan fingerprint density at radius 2 is 1.97 bits per heavy atom. The Morgan fingerprint density at radius 3 is 2.72 bits per heavy atom. The molecule has 1 N–H and O–H groups in total. The van der Waals surface area contributed by atoms with Crippen LogP contribution in [0.4, 0.5) is 5.82 Å². The number of ether oxygens (including phenoxy) is 2. The molecule has 0 spiro atoms. The van der Waals surface area contributed by atoms with Gasteiger partial charge < -0.3 is 19.7 Å². The number of nitrogens with one attached hydrogen (secondary N) is 1. The molecule has 2 aromatic rings. The topological polar surface area (TPSA) is 66.9 Å². The number of hydrogen-bond acceptors (Lipinski definition) is 6. The standard InChI is InChI=1S/C24H31ClN4O3/c1-2-32-22-15-18(3-4-21(22)25)17-28-9-6-20(7-10-28)27-24(30)19-5-8-26-23(16-19)29-11-13-31-14-12-29/h3-5,8,15-16,20H,2,6-7,9-14,17H2,1H3,(H,27,30). The van der Waals surface area contributed by atoms with E-state index in [0.29, 0.717) is 30.4 Å². The number of carbonyl (C=O) groups is 1. The highest BCUT2D eigenvalue weighted by molar-refractivity contribution is 6.32. The molecule has 2 aliphatic heterocycles. The normalized spacial score (nSPS) is 17.9. The zero-order valence-electron chi connectivity index (χ0n) is 18.6. The van der Waals surface area contributed by atoms with Crippen LogP contribution in [-0.4, -0.2) is 67.8 Å². The quantitative estimate of drug-likeness (QED) is 0.686. The lowest BCUT2D eigenvalue weighted by Gasteiger charge is -2.32. The van der Waals surface area contributed by atoms with Crippen LogP contribution < -0.4 is 15.0 Å². The SMILES string of the molecule is CCOc1cc(CN2CCC(NC(=O)c3ccnc(N4CCOCC4)c3)CC2)ccc1Cl. The van der Waals surface area contributed by atoms with Gasteiger partial charge in [0.05, 0.1) is 24.8 Å². The molecule has 3 heterocycles. The molecule has 0 radical (unpaired) electrons. The second-order valence-corrected chi connectivity index (χ2v) is 8.63. The van der Waals surface area contributed by atoms with E-state index < -0.39 is 0 Å². The molecule has 32 heavy (non-hydrogen) atoms. The summed E-state index contributed by atoms with van der Waals surface area (Å²) < 4.78 is 11.0. The van der Waals surface area contributed by atoms with Gasteiger partial charge in [0.1, 0.15) is 11.6 Å². The summed E-state index contributed by atoms with van der Waals surface area (Å²) in [6, 6.07) is 9.82. The first kappa shape index (κ1) is 22.8. The van der Waals surface area contributed by atoms with E-state index in [1.807, 2.05) is 31.2 Å². The highest BCUT2D eigenvalue weighted by Gasteiger charge is 2.22. The van der Waals surface area contributed by atoms with Crippen LogP contribution in [0.15, 0.2) is 36.5 Å². The molecular formula is C24H31ClN4O3. The van der Waals surface area contributed by atoms with Crippen molar-refractivity contribution in [1.29, 1.82) is 0 Å². The summed E-state index contributed by atoms with van der Waals surface area (Å²) in [6.07, 6.45) is 3.57. The number of nitrogens with zero attached hydrogens (tertiary/aromatic N) is 3. The molecule has 1 amide bonds. The van der Waals surface area contributed by atoms with Crippen molar-refractivity contribution in [2.45, 2.75) is 32.4 Å². The van der Waals surface area contributed by atoms with Crippen molar-refractivity contribution >= 4 is 23.3 Å². The molecule has 2 aliphatic rings. The summed E-state index contributed by atoms with van der Waals surface area (Å²) in [5.74, 6) is 1.55. The maximum absolute atomic E-state index is 12.8. The molecule has 8 heteroatoms. The molecule has 4 rings (SSSR count). The molecule has 2 fully saturated rings. The number of morpholine rings is 1. The van der Waals surface area contributed by atoms with Crippen molar-refractivity contribution in [2.75, 3.05) is 50.9 Å². The Kier molecular flexibility index (Phi) is 7.84. The second-order valence-electron chi connectivity index (χ2n) is 8.22. The minimum Gasteiger partial charge on any atom is -0.492 e. The molecule has 0 saturated carbocycles. The minimum absolute atomic E-state index is 0.0283. The predicted octanol–water partition coefficient (Wildman–Crippen LogP) is 3.36. The molecule has 172 valence electrons. The van der Waals surface area contributed by atoms with Gasteiger partial charge in [-0.25, -0.2) is 4.98 Å². The molecule has 1 aromatic carbocycles. The first-order valence-corrected chi connectivity index (χ1v) is 11.7. The molecule has 0 bridgehead atoms. The Hall–Kier alpha value is -2.35. The number of halogens is 1. The van der Waals surface area contributed by atoms with Crippen molar-refractivity contribution in [3.8, 4) is 5.75 Å². The van der Waals surface area contributed by atoms with Gasteiger partial charge in [0.25, 0.3) is 5.91 Å². The summed E-state index contributed by atoms with van der Waals surface area (Å²) in [7, 11) is 0. The average molecular weight is 459 g/mol. The molecule has 0 atom stereocenters. The van der Waals surface area contributed by atoms with Crippen LogP contribution in [-0.2, 0) is 11.3 Å². The lowest BCUT2D eigenvalue weighted by atomic mass is 10.0. The number of carbonyl (C=O) groups excluding carboxylic acids is 1. The predicted molar refractivity (Wildman–Crippen MR) is 126 cm³/mol. The molecular weight excluding hydrogens is 428 g/mol. The van der Waals surface area contributed by atoms with Crippen molar-refractivity contribution in [3.05, 3.63) is 52.7 Å². The highest BCUT2D eigenvalue weighted by Crippen LogP contribution is 2.26. The van der Waals surface area contributed by atoms with E-state index in [4.69, 9.17) is 21.1 Å². The summed E-state index contributed by atoms with van der Waals surface area (Å²) in [6.45, 7) is 8.27. The lowest BCUT2D eigenvalue weighted by Crippen LogP contribution is -2.44. The van der Waals surface area contributed by atoms with Crippen LogP contribution in [0.25, 0.3) is 0 Å². The smallest absolute Gasteiger partial charge is 0.251 e. The van der Waals surface area contributed by atoms with Gasteiger partial charge in [-0.15, -0.1) is 0 Å². The summed E-state index contributed by atoms with van der Waals surface area (Å²) >= 11 is 6.20. The zero-order valence-corrected chi connectivity index (χ0v) is 19.3. The summed E-state index contributed by atoms with van der Waals surface area (Å²) in [5, 5.41) is 3.85. The Bertz CT molecular complexity index is 912. The fraction of sp³-hybridized carbons (Fsp3) is 0.500. The van der Waals surface area contributed by atoms with Crippen LogP contribution in [0.3, 0.4) is 0 Å². The van der Waals surface area contributed by atoms with Gasteiger partial charge in [0.15, 0.2) is 0 Å². The van der Waals surface area contributed by atoms with E-state index in [2.05, 4.69) is 20.1 Å². The largest absolute Gasteiger partial charge is 0.492 e. The summed E-state index contributed by atoms with van der Waals surface area (Å²) in [4.78, 5) is 21.8. The Labute approximate surface area is 194 Å². The van der Waals surface area contributed by atoms with Crippen molar-refractivity contribution in [3.63, 3.8) is 0 Å². The number of aromatic nitrogens is 1. The molecule has 2 saturated heterocycles. The molecule has 1 aromatic heterocycles. The maximum atomic E-state index is 12.8. The third-order valence-corrected chi connectivity index (χ3v) is 6.28. The van der Waals surface area contributed by atoms with Crippen LogP contribution in [0.2, 0.25) is 5.02 Å². The van der Waals surface area contributed by atoms with Gasteiger partial charge in [-0.1, -0.05) is 17.7 Å². The minimum atomic E-state index is -0.0283. The van der Waals surface area contributed by atoms with E-state index >= 15 is 0 Å². The van der Waals surface area contributed by atoms with Crippen LogP contribution >= 0.6 is 11.6 Å². The van der Waals surface area contributed by atoms with E-state index in [1.54, 1.807) is 12.3 Å². The van der Waals surface area contributed by atoms with Crippen molar-refractivity contribution in [1.82, 2.24) is 15.2 Å². The fourth-order valence-electron chi connectivity index (χ4n) is 4.20. The van der Waals surface area contributed by atoms with Gasteiger partial charge in [0, 0.05) is 50.5 Å². The number of amides is 1. The monoisotopic (exact) mass is 458 g/mol. The second kappa shape index (κ2) is 11.0. The zero-order chi connectivity index (χ0) is 22.3. The first-order chi connectivity index (χ1) is 15.6. The van der Waals surface area contributed by atoms with Gasteiger partial charge in [0.2, 0.25) is 0 Å². The van der Waals surface area contributed by atoms with Gasteiger partial charge >= 0.3 is 0 Å². The molecule has 0 aliphatic carbocycles. The number of piperidine rings is 1. The van der Waals surface area contributed by atoms with Gasteiger partial charge in [-0.3, -0.25) is 9.69 Å². The number of hydrogen-bond donors (Lipinski definition) is 1. The molecule has 0 unspecified atom stereocenters. The van der Waals surface area contributed by atoms with E-state index in [1.165, 1.54) is 5.56 Å². The average Bonchev–Trinajstić information content (AvgIpc) is 2.83. The van der Waals surface area contributed by atoms with Gasteiger partial charge in [-0.2, -0.15) is 0 Å². The van der Waals surface area contributed by atoms with Crippen molar-refractivity contribution in [2.24, 2.45) is 0 Å². The number of pyridine rings is 1. The Morgan fingerprint density at radius 1 is 1.19 bits per heavy atom. The lowest BCUT2D eigenvalue weighted by molar-refractivity contribution is 0.0908. The number of likely N-dealkylation sites (tertiary alicyclic amines) is 1. The maximum Gasteiger partial charge on any atom is 0.251 e. The molecule has 7 nitrogen and oxygen atoms in total. The first-order valence-electron chi connectivity index (χ1n) is 11.4. The fourth-order valence-corrected chi connectivity index (χ4v) is 4.37. The highest BCUT2D eigenvalue weighted by atomic mass is 35.5. The number of rotatable bonds is 7. The van der Waals surface area contributed by atoms with E-state index in [-0.39, 0.29) is 11.9 Å². The van der Waals surface area contributed by atoms with Crippen LogP contribution in [0.5, 0.6) is 5.75 Å². The van der Waals surface area contributed by atoms with Gasteiger partial charge in [-0.05, 0) is 49.6 Å². The van der Waals surface area contributed by atoms with Crippen LogP contribution in [0.1, 0.15) is 35.7 Å². The Balaban J connectivity index is 1.28. The number of anilines is 1. The van der Waals surface area contributed by atoms with Crippen LogP contribution in [0, 0.1) is 0 Å². The third-order valence-electron chi connectivity index (χ3n) is 5.97. The van der Waals surface area contributed by atoms with E-state index in [0.717, 1.165) is 57.1 Å².